The number of aliphatic hydroxyl groups excluding tert-OH is 1. The molecule has 3 rings (SSSR count). The highest BCUT2D eigenvalue weighted by atomic mass is 16.5. The number of para-hydroxylation sites is 2. The van der Waals surface area contributed by atoms with E-state index in [0.29, 0.717) is 19.0 Å². The molecule has 0 saturated carbocycles. The van der Waals surface area contributed by atoms with Crippen molar-refractivity contribution in [3.8, 4) is 5.75 Å². The summed E-state index contributed by atoms with van der Waals surface area (Å²) < 4.78 is 7.84. The fraction of sp³-hybridized carbons (Fsp3) is 0.278. The number of benzene rings is 2. The van der Waals surface area contributed by atoms with Gasteiger partial charge in [-0.2, -0.15) is 0 Å². The predicted octanol–water partition coefficient (Wildman–Crippen LogP) is 3.22. The quantitative estimate of drug-likeness (QED) is 0.786. The van der Waals surface area contributed by atoms with Crippen LogP contribution in [0, 0.1) is 13.8 Å². The Labute approximate surface area is 130 Å². The molecule has 0 aliphatic rings. The summed E-state index contributed by atoms with van der Waals surface area (Å²) in [6.07, 6.45) is 0. The van der Waals surface area contributed by atoms with Crippen molar-refractivity contribution < 1.29 is 9.84 Å². The number of aliphatic hydroxyl groups is 1. The lowest BCUT2D eigenvalue weighted by molar-refractivity contribution is 0.255. The van der Waals surface area contributed by atoms with Crippen molar-refractivity contribution in [1.82, 2.24) is 9.55 Å². The lowest BCUT2D eigenvalue weighted by Gasteiger charge is -2.11. The van der Waals surface area contributed by atoms with Crippen LogP contribution in [0.1, 0.15) is 17.0 Å². The molecule has 0 saturated heterocycles. The van der Waals surface area contributed by atoms with Gasteiger partial charge in [-0.1, -0.05) is 18.2 Å². The Balaban J connectivity index is 1.74. The molecule has 0 aliphatic heterocycles. The van der Waals surface area contributed by atoms with Gasteiger partial charge in [0.25, 0.3) is 0 Å². The predicted molar refractivity (Wildman–Crippen MR) is 87.1 cm³/mol. The van der Waals surface area contributed by atoms with Gasteiger partial charge in [-0.15, -0.1) is 0 Å². The maximum absolute atomic E-state index is 9.48. The summed E-state index contributed by atoms with van der Waals surface area (Å²) in [5.74, 6) is 1.54. The third-order valence-electron chi connectivity index (χ3n) is 3.94. The molecular formula is C18H20N2O2. The Bertz CT molecular complexity index is 793. The summed E-state index contributed by atoms with van der Waals surface area (Å²) >= 11 is 0. The SMILES string of the molecule is Cc1ccc(OCCn2c(CO)nc3ccccc32)cc1C. The molecule has 2 aromatic carbocycles. The second kappa shape index (κ2) is 6.20. The molecule has 0 spiro atoms. The van der Waals surface area contributed by atoms with Gasteiger partial charge >= 0.3 is 0 Å². The highest BCUT2D eigenvalue weighted by molar-refractivity contribution is 5.75. The minimum absolute atomic E-state index is 0.0711. The summed E-state index contributed by atoms with van der Waals surface area (Å²) in [4.78, 5) is 4.44. The van der Waals surface area contributed by atoms with E-state index >= 15 is 0 Å². The van der Waals surface area contributed by atoms with E-state index in [1.807, 2.05) is 41.0 Å². The number of ether oxygens (including phenoxy) is 1. The fourth-order valence-corrected chi connectivity index (χ4v) is 2.55. The Morgan fingerprint density at radius 3 is 2.68 bits per heavy atom. The second-order valence-corrected chi connectivity index (χ2v) is 5.42. The largest absolute Gasteiger partial charge is 0.492 e. The molecule has 0 atom stereocenters. The molecule has 1 N–H and O–H groups in total. The average molecular weight is 296 g/mol. The molecule has 22 heavy (non-hydrogen) atoms. The first-order chi connectivity index (χ1) is 10.7. The van der Waals surface area contributed by atoms with E-state index in [-0.39, 0.29) is 6.61 Å². The molecule has 0 bridgehead atoms. The lowest BCUT2D eigenvalue weighted by atomic mass is 10.1. The first-order valence-electron chi connectivity index (χ1n) is 7.44. The summed E-state index contributed by atoms with van der Waals surface area (Å²) in [5.41, 5.74) is 4.41. The minimum Gasteiger partial charge on any atom is -0.492 e. The molecule has 114 valence electrons. The van der Waals surface area contributed by atoms with Crippen LogP contribution in [-0.4, -0.2) is 21.3 Å². The molecule has 4 heteroatoms. The van der Waals surface area contributed by atoms with Crippen molar-refractivity contribution in [3.63, 3.8) is 0 Å². The maximum Gasteiger partial charge on any atom is 0.135 e. The third kappa shape index (κ3) is 2.83. The first-order valence-corrected chi connectivity index (χ1v) is 7.44. The van der Waals surface area contributed by atoms with Crippen LogP contribution in [0.5, 0.6) is 5.75 Å². The van der Waals surface area contributed by atoms with Crippen LogP contribution < -0.4 is 4.74 Å². The van der Waals surface area contributed by atoms with Gasteiger partial charge in [0, 0.05) is 0 Å². The van der Waals surface area contributed by atoms with Crippen LogP contribution in [0.4, 0.5) is 0 Å². The molecule has 0 unspecified atom stereocenters. The first kappa shape index (κ1) is 14.6. The number of nitrogens with zero attached hydrogens (tertiary/aromatic N) is 2. The number of hydrogen-bond acceptors (Lipinski definition) is 3. The minimum atomic E-state index is -0.0711. The number of hydrogen-bond donors (Lipinski definition) is 1. The smallest absolute Gasteiger partial charge is 0.135 e. The number of rotatable bonds is 5. The average Bonchev–Trinajstić information content (AvgIpc) is 2.89. The monoisotopic (exact) mass is 296 g/mol. The Morgan fingerprint density at radius 2 is 1.91 bits per heavy atom. The second-order valence-electron chi connectivity index (χ2n) is 5.42. The van der Waals surface area contributed by atoms with Crippen LogP contribution in [0.2, 0.25) is 0 Å². The molecule has 4 nitrogen and oxygen atoms in total. The van der Waals surface area contributed by atoms with Crippen LogP contribution in [-0.2, 0) is 13.2 Å². The maximum atomic E-state index is 9.48. The molecule has 1 heterocycles. The molecule has 0 amide bonds. The van der Waals surface area contributed by atoms with Gasteiger partial charge in [-0.05, 0) is 49.2 Å². The van der Waals surface area contributed by atoms with Crippen LogP contribution in [0.25, 0.3) is 11.0 Å². The van der Waals surface area contributed by atoms with Gasteiger partial charge in [0.15, 0.2) is 0 Å². The zero-order chi connectivity index (χ0) is 15.5. The lowest BCUT2D eigenvalue weighted by Crippen LogP contribution is -2.11. The van der Waals surface area contributed by atoms with E-state index in [4.69, 9.17) is 4.74 Å². The Hall–Kier alpha value is -2.33. The number of fused-ring (bicyclic) bond motifs is 1. The number of aryl methyl sites for hydroxylation is 2. The van der Waals surface area contributed by atoms with Crippen molar-refractivity contribution in [2.24, 2.45) is 0 Å². The zero-order valence-electron chi connectivity index (χ0n) is 12.9. The van der Waals surface area contributed by atoms with Gasteiger partial charge in [-0.3, -0.25) is 0 Å². The fourth-order valence-electron chi connectivity index (χ4n) is 2.55. The summed E-state index contributed by atoms with van der Waals surface area (Å²) in [6, 6.07) is 14.0. The van der Waals surface area contributed by atoms with Crippen LogP contribution in [0.3, 0.4) is 0 Å². The molecule has 1 aromatic heterocycles. The van der Waals surface area contributed by atoms with Crippen molar-refractivity contribution >= 4 is 11.0 Å². The highest BCUT2D eigenvalue weighted by Crippen LogP contribution is 2.18. The van der Waals surface area contributed by atoms with Crippen LogP contribution >= 0.6 is 0 Å². The number of imidazole rings is 1. The molecular weight excluding hydrogens is 276 g/mol. The van der Waals surface area contributed by atoms with Crippen molar-refractivity contribution in [2.75, 3.05) is 6.61 Å². The van der Waals surface area contributed by atoms with Crippen molar-refractivity contribution in [1.29, 1.82) is 0 Å². The summed E-state index contributed by atoms with van der Waals surface area (Å²) in [5, 5.41) is 9.48. The van der Waals surface area contributed by atoms with Crippen molar-refractivity contribution in [3.05, 3.63) is 59.4 Å². The van der Waals surface area contributed by atoms with E-state index < -0.39 is 0 Å². The molecule has 0 radical (unpaired) electrons. The van der Waals surface area contributed by atoms with E-state index in [1.54, 1.807) is 0 Å². The van der Waals surface area contributed by atoms with Gasteiger partial charge in [0.1, 0.15) is 24.8 Å². The summed E-state index contributed by atoms with van der Waals surface area (Å²) in [7, 11) is 0. The Morgan fingerprint density at radius 1 is 1.09 bits per heavy atom. The molecule has 0 fully saturated rings. The van der Waals surface area contributed by atoms with E-state index in [2.05, 4.69) is 24.9 Å². The topological polar surface area (TPSA) is 47.3 Å². The normalized spacial score (nSPS) is 11.0. The van der Waals surface area contributed by atoms with E-state index in [1.165, 1.54) is 11.1 Å². The van der Waals surface area contributed by atoms with Crippen molar-refractivity contribution in [2.45, 2.75) is 27.0 Å². The molecule has 3 aromatic rings. The van der Waals surface area contributed by atoms with Crippen LogP contribution in [0.15, 0.2) is 42.5 Å². The summed E-state index contributed by atoms with van der Waals surface area (Å²) in [6.45, 7) is 5.29. The third-order valence-corrected chi connectivity index (χ3v) is 3.94. The zero-order valence-corrected chi connectivity index (χ0v) is 12.9. The standard InChI is InChI=1S/C18H20N2O2/c1-13-7-8-15(11-14(13)2)22-10-9-20-17-6-4-3-5-16(17)19-18(20)12-21/h3-8,11,21H,9-10,12H2,1-2H3. The Kier molecular flexibility index (Phi) is 4.11. The van der Waals surface area contributed by atoms with Gasteiger partial charge in [0.05, 0.1) is 17.6 Å². The molecule has 0 aliphatic carbocycles. The highest BCUT2D eigenvalue weighted by Gasteiger charge is 2.09. The van der Waals surface area contributed by atoms with Gasteiger partial charge in [-0.25, -0.2) is 4.98 Å². The van der Waals surface area contributed by atoms with E-state index in [9.17, 15) is 5.11 Å². The number of aromatic nitrogens is 2. The van der Waals surface area contributed by atoms with E-state index in [0.717, 1.165) is 16.8 Å². The van der Waals surface area contributed by atoms with Gasteiger partial charge in [0.2, 0.25) is 0 Å². The van der Waals surface area contributed by atoms with Gasteiger partial charge < -0.3 is 14.4 Å².